The second kappa shape index (κ2) is 12.8. The minimum Gasteiger partial charge on any atom is -0.780 e. The van der Waals surface area contributed by atoms with Crippen molar-refractivity contribution in [3.63, 3.8) is 0 Å². The molecule has 0 saturated heterocycles. The molecule has 1 N–H and O–H groups in total. The number of methoxy groups -OCH3 is 3. The molecule has 2 aromatic carbocycles. The fourth-order valence-corrected chi connectivity index (χ4v) is 4.15. The van der Waals surface area contributed by atoms with E-state index in [9.17, 15) is 19.1 Å². The van der Waals surface area contributed by atoms with Crippen molar-refractivity contribution in [2.75, 3.05) is 39.4 Å². The third kappa shape index (κ3) is 6.91. The molecular formula is C19H19N2Na2O8PS. The fourth-order valence-electron chi connectivity index (χ4n) is 3.13. The molecule has 10 nitrogen and oxygen atoms in total. The number of carbonyl (C=O) groups is 1. The molecular weight excluding hydrogens is 493 g/mol. The number of phosphoric ester groups is 1. The van der Waals surface area contributed by atoms with E-state index >= 15 is 0 Å². The number of fused-ring (bicyclic) bond motifs is 1. The van der Waals surface area contributed by atoms with Crippen molar-refractivity contribution >= 4 is 36.9 Å². The van der Waals surface area contributed by atoms with E-state index in [1.165, 1.54) is 39.2 Å². The fraction of sp³-hybridized carbons (Fsp3) is 0.263. The molecule has 0 aromatic heterocycles. The van der Waals surface area contributed by atoms with E-state index in [1.54, 1.807) is 18.2 Å². The summed E-state index contributed by atoms with van der Waals surface area (Å²) in [6.07, 6.45) is 1.87. The zero-order valence-electron chi connectivity index (χ0n) is 19.1. The van der Waals surface area contributed by atoms with Crippen LogP contribution in [-0.4, -0.2) is 45.7 Å². The summed E-state index contributed by atoms with van der Waals surface area (Å²) in [5, 5.41) is 2.55. The van der Waals surface area contributed by atoms with Gasteiger partial charge in [0.1, 0.15) is 14.4 Å². The number of benzene rings is 2. The number of thioether (sulfide) groups is 1. The molecule has 0 aliphatic carbocycles. The molecule has 1 aliphatic rings. The minimum absolute atomic E-state index is 0. The largest absolute Gasteiger partial charge is 1.00 e. The van der Waals surface area contributed by atoms with Gasteiger partial charge < -0.3 is 38.4 Å². The number of ether oxygens (including phenoxy) is 3. The van der Waals surface area contributed by atoms with Crippen LogP contribution in [-0.2, 0) is 9.36 Å². The van der Waals surface area contributed by atoms with Gasteiger partial charge >= 0.3 is 59.1 Å². The molecule has 0 bridgehead atoms. The third-order valence-corrected chi connectivity index (χ3v) is 5.53. The van der Waals surface area contributed by atoms with Gasteiger partial charge in [0.2, 0.25) is 5.91 Å². The van der Waals surface area contributed by atoms with Crippen molar-refractivity contribution < 1.29 is 97.0 Å². The van der Waals surface area contributed by atoms with E-state index in [0.717, 1.165) is 4.90 Å². The molecule has 3 rings (SSSR count). The molecule has 14 heteroatoms. The van der Waals surface area contributed by atoms with Gasteiger partial charge in [-0.3, -0.25) is 9.79 Å². The summed E-state index contributed by atoms with van der Waals surface area (Å²) in [5.41, 5.74) is 1.26. The van der Waals surface area contributed by atoms with Crippen LogP contribution >= 0.6 is 19.6 Å². The van der Waals surface area contributed by atoms with Crippen LogP contribution in [0, 0.1) is 0 Å². The van der Waals surface area contributed by atoms with Gasteiger partial charge in [0, 0.05) is 11.1 Å². The normalized spacial score (nSPS) is 12.7. The van der Waals surface area contributed by atoms with E-state index in [2.05, 4.69) is 14.8 Å². The average molecular weight is 512 g/mol. The SMILES string of the molecule is COc1cc(C2=NCC(=O)Nc3c2ccc(OC)c3OP(=O)([O-])[O-])cc(SC)c1OC.[Na+].[Na+]. The molecule has 0 radical (unpaired) electrons. The summed E-state index contributed by atoms with van der Waals surface area (Å²) < 4.78 is 32.0. The molecule has 0 fully saturated rings. The molecule has 0 atom stereocenters. The first-order valence-corrected chi connectivity index (χ1v) is 11.5. The Hall–Kier alpha value is -0.720. The minimum atomic E-state index is -5.45. The number of nitrogens with one attached hydrogen (secondary N) is 1. The summed E-state index contributed by atoms with van der Waals surface area (Å²) in [7, 11) is -1.14. The van der Waals surface area contributed by atoms with Crippen molar-refractivity contribution in [3.05, 3.63) is 35.4 Å². The average Bonchev–Trinajstić information content (AvgIpc) is 2.90. The molecule has 1 amide bonds. The van der Waals surface area contributed by atoms with Crippen molar-refractivity contribution in [2.24, 2.45) is 4.99 Å². The zero-order chi connectivity index (χ0) is 22.8. The van der Waals surface area contributed by atoms with Crippen LogP contribution in [0.3, 0.4) is 0 Å². The van der Waals surface area contributed by atoms with Gasteiger partial charge in [-0.05, 0) is 30.5 Å². The number of hydrogen-bond acceptors (Lipinski definition) is 10. The number of nitrogens with zero attached hydrogens (tertiary/aromatic N) is 1. The maximum atomic E-state index is 12.3. The number of rotatable bonds is 7. The molecule has 0 spiro atoms. The van der Waals surface area contributed by atoms with Crippen LogP contribution in [0.25, 0.3) is 0 Å². The first-order valence-electron chi connectivity index (χ1n) is 8.80. The molecule has 2 aromatic rings. The van der Waals surface area contributed by atoms with Crippen LogP contribution in [0.1, 0.15) is 11.1 Å². The van der Waals surface area contributed by atoms with Gasteiger partial charge in [-0.2, -0.15) is 0 Å². The monoisotopic (exact) mass is 512 g/mol. The van der Waals surface area contributed by atoms with Crippen LogP contribution in [0.15, 0.2) is 34.2 Å². The summed E-state index contributed by atoms with van der Waals surface area (Å²) in [6.45, 7) is -0.235. The van der Waals surface area contributed by atoms with Gasteiger partial charge in [0.05, 0.1) is 37.6 Å². The number of benzodiazepines with no additional fused rings is 1. The smallest absolute Gasteiger partial charge is 0.780 e. The van der Waals surface area contributed by atoms with Crippen molar-refractivity contribution in [3.8, 4) is 23.0 Å². The molecule has 33 heavy (non-hydrogen) atoms. The van der Waals surface area contributed by atoms with Gasteiger partial charge in [-0.1, -0.05) is 0 Å². The number of phosphoric acid groups is 1. The second-order valence-electron chi connectivity index (χ2n) is 6.19. The Morgan fingerprint density at radius 3 is 2.24 bits per heavy atom. The van der Waals surface area contributed by atoms with Crippen molar-refractivity contribution in [2.45, 2.75) is 4.90 Å². The van der Waals surface area contributed by atoms with Crippen molar-refractivity contribution in [1.82, 2.24) is 0 Å². The number of hydrogen-bond donors (Lipinski definition) is 1. The summed E-state index contributed by atoms with van der Waals surface area (Å²) >= 11 is 1.43. The van der Waals surface area contributed by atoms with Crippen LogP contribution < -0.4 is 93.0 Å². The van der Waals surface area contributed by atoms with Gasteiger partial charge in [0.25, 0.3) is 0 Å². The first kappa shape index (κ1) is 30.3. The quantitative estimate of drug-likeness (QED) is 0.221. The number of carbonyl (C=O) groups excluding carboxylic acids is 1. The standard InChI is InChI=1S/C19H21N2O8PS.2Na/c1-26-12-6-5-11-16(10-7-13(27-2)18(28-3)14(8-10)31-4)20-9-15(22)21-17(11)19(12)29-30(23,24)25;;/h5-8H,9H2,1-4H3,(H,21,22)(H2,23,24,25);;/q;2*+1/p-2. The Morgan fingerprint density at radius 1 is 1.03 bits per heavy atom. The van der Waals surface area contributed by atoms with E-state index in [4.69, 9.17) is 14.2 Å². The summed E-state index contributed by atoms with van der Waals surface area (Å²) in [4.78, 5) is 40.1. The second-order valence-corrected chi connectivity index (χ2v) is 8.11. The Morgan fingerprint density at radius 2 is 1.70 bits per heavy atom. The maximum absolute atomic E-state index is 12.3. The molecule has 0 saturated carbocycles. The van der Waals surface area contributed by atoms with Gasteiger partial charge in [-0.25, -0.2) is 0 Å². The molecule has 1 heterocycles. The number of amides is 1. The summed E-state index contributed by atoms with van der Waals surface area (Å²) in [5.74, 6) is 0.0169. The van der Waals surface area contributed by atoms with E-state index < -0.39 is 19.5 Å². The van der Waals surface area contributed by atoms with Crippen LogP contribution in [0.5, 0.6) is 23.0 Å². The van der Waals surface area contributed by atoms with Gasteiger partial charge in [-0.15, -0.1) is 11.8 Å². The van der Waals surface area contributed by atoms with E-state index in [-0.39, 0.29) is 77.1 Å². The Balaban J connectivity index is 0.00000272. The Labute approximate surface area is 239 Å². The Bertz CT molecular complexity index is 1080. The topological polar surface area (TPSA) is 142 Å². The van der Waals surface area contributed by atoms with Gasteiger partial charge in [0.15, 0.2) is 23.0 Å². The van der Waals surface area contributed by atoms with E-state index in [0.29, 0.717) is 28.3 Å². The first-order chi connectivity index (χ1) is 14.7. The van der Waals surface area contributed by atoms with Crippen LogP contribution in [0.4, 0.5) is 5.69 Å². The molecule has 166 valence electrons. The zero-order valence-corrected chi connectivity index (χ0v) is 24.8. The number of anilines is 1. The van der Waals surface area contributed by atoms with Crippen molar-refractivity contribution in [1.29, 1.82) is 0 Å². The number of aliphatic imine (C=N–C) groups is 1. The Kier molecular flexibility index (Phi) is 11.8. The predicted octanol–water partition coefficient (Wildman–Crippen LogP) is -4.56. The summed E-state index contributed by atoms with van der Waals surface area (Å²) in [6, 6.07) is 6.50. The van der Waals surface area contributed by atoms with E-state index in [1.807, 2.05) is 6.26 Å². The predicted molar refractivity (Wildman–Crippen MR) is 112 cm³/mol. The van der Waals surface area contributed by atoms with Crippen LogP contribution in [0.2, 0.25) is 0 Å². The third-order valence-electron chi connectivity index (χ3n) is 4.38. The maximum Gasteiger partial charge on any atom is 1.00 e. The molecule has 0 unspecified atom stereocenters. The molecule has 1 aliphatic heterocycles.